The van der Waals surface area contributed by atoms with Gasteiger partial charge in [0, 0.05) is 25.7 Å². The molecule has 0 spiro atoms. The molecule has 8 heteroatoms. The van der Waals surface area contributed by atoms with Crippen LogP contribution in [0.2, 0.25) is 0 Å². The summed E-state index contributed by atoms with van der Waals surface area (Å²) in [5.41, 5.74) is 2.31. The summed E-state index contributed by atoms with van der Waals surface area (Å²) in [4.78, 5) is 16.7. The van der Waals surface area contributed by atoms with Gasteiger partial charge in [-0.25, -0.2) is 0 Å². The lowest BCUT2D eigenvalue weighted by atomic mass is 10.2. The van der Waals surface area contributed by atoms with E-state index in [9.17, 15) is 13.2 Å². The molecule has 0 saturated carbocycles. The Morgan fingerprint density at radius 2 is 1.79 bits per heavy atom. The third-order valence-electron chi connectivity index (χ3n) is 4.98. The molecule has 2 heterocycles. The highest BCUT2D eigenvalue weighted by Crippen LogP contribution is 2.29. The fraction of sp³-hybridized carbons (Fsp3) is 0.300. The third-order valence-corrected chi connectivity index (χ3v) is 6.30. The van der Waals surface area contributed by atoms with E-state index in [4.69, 9.17) is 0 Å². The van der Waals surface area contributed by atoms with Crippen LogP contribution < -0.4 is 10.2 Å². The second-order valence-electron chi connectivity index (χ2n) is 7.00. The largest absolute Gasteiger partial charge is 0.370 e. The summed E-state index contributed by atoms with van der Waals surface area (Å²) in [6.45, 7) is 1.97. The number of nitrogens with one attached hydrogen (secondary N) is 1. The number of carbonyl (C=O) groups is 1. The van der Waals surface area contributed by atoms with Gasteiger partial charge < -0.3 is 15.1 Å². The lowest BCUT2D eigenvalue weighted by Crippen LogP contribution is -2.35. The minimum Gasteiger partial charge on any atom is -0.370 e. The van der Waals surface area contributed by atoms with Crippen molar-refractivity contribution in [3.63, 3.8) is 0 Å². The second-order valence-corrected chi connectivity index (χ2v) is 8.57. The summed E-state index contributed by atoms with van der Waals surface area (Å²) in [5, 5.41) is 2.96. The lowest BCUT2D eigenvalue weighted by Gasteiger charge is -2.23. The van der Waals surface area contributed by atoms with Crippen LogP contribution in [0, 0.1) is 0 Å². The van der Waals surface area contributed by atoms with Crippen LogP contribution in [0.4, 0.5) is 11.4 Å². The van der Waals surface area contributed by atoms with Gasteiger partial charge in [-0.2, -0.15) is 8.42 Å². The quantitative estimate of drug-likeness (QED) is 0.855. The maximum absolute atomic E-state index is 12.6. The van der Waals surface area contributed by atoms with Crippen molar-refractivity contribution < 1.29 is 13.2 Å². The molecule has 0 bridgehead atoms. The molecule has 28 heavy (non-hydrogen) atoms. The van der Waals surface area contributed by atoms with Gasteiger partial charge in [-0.3, -0.25) is 4.79 Å². The molecule has 0 aliphatic carbocycles. The maximum Gasteiger partial charge on any atom is 0.285 e. The van der Waals surface area contributed by atoms with Gasteiger partial charge in [0.15, 0.2) is 5.84 Å². The van der Waals surface area contributed by atoms with E-state index < -0.39 is 10.0 Å². The first-order valence-corrected chi connectivity index (χ1v) is 10.7. The van der Waals surface area contributed by atoms with Crippen LogP contribution >= 0.6 is 0 Å². The van der Waals surface area contributed by atoms with Crippen LogP contribution in [0.3, 0.4) is 0 Å². The van der Waals surface area contributed by atoms with Crippen LogP contribution in [-0.2, 0) is 14.8 Å². The molecule has 0 atom stereocenters. The molecule has 2 aliphatic heterocycles. The van der Waals surface area contributed by atoms with Crippen molar-refractivity contribution in [3.05, 3.63) is 54.1 Å². The van der Waals surface area contributed by atoms with Crippen molar-refractivity contribution in [3.8, 4) is 0 Å². The molecule has 0 aromatic heterocycles. The zero-order valence-electron chi connectivity index (χ0n) is 15.6. The van der Waals surface area contributed by atoms with Crippen molar-refractivity contribution >= 4 is 33.1 Å². The average molecular weight is 398 g/mol. The van der Waals surface area contributed by atoms with Gasteiger partial charge in [0.2, 0.25) is 5.91 Å². The highest BCUT2D eigenvalue weighted by atomic mass is 32.2. The van der Waals surface area contributed by atoms with Gasteiger partial charge in [0.05, 0.1) is 17.9 Å². The number of rotatable bonds is 4. The van der Waals surface area contributed by atoms with E-state index in [2.05, 4.69) is 14.6 Å². The third kappa shape index (κ3) is 3.47. The van der Waals surface area contributed by atoms with E-state index in [1.54, 1.807) is 30.1 Å². The van der Waals surface area contributed by atoms with Crippen LogP contribution in [-0.4, -0.2) is 51.7 Å². The number of para-hydroxylation sites is 2. The summed E-state index contributed by atoms with van der Waals surface area (Å²) in [6.07, 6.45) is 2.30. The standard InChI is InChI=1S/C20H22N4O3S/c1-23(20-15-8-2-5-11-18(15)28(26,27)22-20)14-19(25)21-16-9-3-4-10-17(16)24-12-6-7-13-24/h2-5,8-11H,6-7,12-14H2,1H3,(H,21,25). The minimum atomic E-state index is -3.70. The number of likely N-dealkylation sites (N-methyl/N-ethyl adjacent to an activating group) is 1. The molecule has 1 amide bonds. The Labute approximate surface area is 164 Å². The maximum atomic E-state index is 12.6. The number of nitrogens with zero attached hydrogens (tertiary/aromatic N) is 3. The summed E-state index contributed by atoms with van der Waals surface area (Å²) in [6, 6.07) is 14.4. The first kappa shape index (κ1) is 18.5. The first-order chi connectivity index (χ1) is 13.5. The Hall–Kier alpha value is -2.87. The van der Waals surface area contributed by atoms with E-state index >= 15 is 0 Å². The smallest absolute Gasteiger partial charge is 0.285 e. The Kier molecular flexibility index (Phi) is 4.80. The molecule has 7 nitrogen and oxygen atoms in total. The van der Waals surface area contributed by atoms with Crippen molar-refractivity contribution in [1.82, 2.24) is 4.90 Å². The molecule has 1 N–H and O–H groups in total. The molecular weight excluding hydrogens is 376 g/mol. The van der Waals surface area contributed by atoms with E-state index in [-0.39, 0.29) is 17.3 Å². The molecule has 0 radical (unpaired) electrons. The van der Waals surface area contributed by atoms with Crippen molar-refractivity contribution in [2.45, 2.75) is 17.7 Å². The number of amides is 1. The molecule has 146 valence electrons. The van der Waals surface area contributed by atoms with E-state index in [0.717, 1.165) is 37.3 Å². The number of sulfonamides is 1. The van der Waals surface area contributed by atoms with Crippen LogP contribution in [0.15, 0.2) is 57.8 Å². The molecular formula is C20H22N4O3S. The number of anilines is 2. The summed E-state index contributed by atoms with van der Waals surface area (Å²) in [7, 11) is -2.04. The Morgan fingerprint density at radius 3 is 2.57 bits per heavy atom. The zero-order chi connectivity index (χ0) is 19.7. The van der Waals surface area contributed by atoms with E-state index in [1.165, 1.54) is 6.07 Å². The predicted molar refractivity (Wildman–Crippen MR) is 109 cm³/mol. The van der Waals surface area contributed by atoms with E-state index in [0.29, 0.717) is 11.4 Å². The lowest BCUT2D eigenvalue weighted by molar-refractivity contribution is -0.116. The molecule has 2 aromatic carbocycles. The second kappa shape index (κ2) is 7.27. The van der Waals surface area contributed by atoms with Crippen molar-refractivity contribution in [1.29, 1.82) is 0 Å². The number of hydrogen-bond donors (Lipinski definition) is 1. The topological polar surface area (TPSA) is 82.1 Å². The summed E-state index contributed by atoms with van der Waals surface area (Å²) < 4.78 is 28.3. The van der Waals surface area contributed by atoms with Gasteiger partial charge in [0.1, 0.15) is 4.90 Å². The minimum absolute atomic E-state index is 0.00295. The summed E-state index contributed by atoms with van der Waals surface area (Å²) >= 11 is 0. The van der Waals surface area contributed by atoms with Gasteiger partial charge in [-0.05, 0) is 37.1 Å². The van der Waals surface area contributed by atoms with Crippen molar-refractivity contribution in [2.24, 2.45) is 4.40 Å². The number of hydrogen-bond acceptors (Lipinski definition) is 5. The average Bonchev–Trinajstić information content (AvgIpc) is 3.29. The predicted octanol–water partition coefficient (Wildman–Crippen LogP) is 2.31. The van der Waals surface area contributed by atoms with Gasteiger partial charge in [0.25, 0.3) is 10.0 Å². The molecule has 2 aromatic rings. The SMILES string of the molecule is CN(CC(=O)Nc1ccccc1N1CCCC1)C1=NS(=O)(=O)c2ccccc21. The van der Waals surface area contributed by atoms with Crippen LogP contribution in [0.1, 0.15) is 18.4 Å². The molecule has 1 saturated heterocycles. The zero-order valence-corrected chi connectivity index (χ0v) is 16.4. The highest BCUT2D eigenvalue weighted by Gasteiger charge is 2.31. The monoisotopic (exact) mass is 398 g/mol. The van der Waals surface area contributed by atoms with Gasteiger partial charge in [-0.15, -0.1) is 4.40 Å². The number of benzene rings is 2. The van der Waals surface area contributed by atoms with Gasteiger partial charge >= 0.3 is 0 Å². The fourth-order valence-corrected chi connectivity index (χ4v) is 4.91. The molecule has 2 aliphatic rings. The summed E-state index contributed by atoms with van der Waals surface area (Å²) in [5.74, 6) is 0.0669. The number of fused-ring (bicyclic) bond motifs is 1. The molecule has 4 rings (SSSR count). The number of amidine groups is 1. The van der Waals surface area contributed by atoms with Crippen LogP contribution in [0.5, 0.6) is 0 Å². The van der Waals surface area contributed by atoms with Crippen molar-refractivity contribution in [2.75, 3.05) is 36.9 Å². The molecule has 1 fully saturated rings. The normalized spacial score (nSPS) is 17.2. The highest BCUT2D eigenvalue weighted by molar-refractivity contribution is 7.90. The molecule has 0 unspecified atom stereocenters. The van der Waals surface area contributed by atoms with Crippen LogP contribution in [0.25, 0.3) is 0 Å². The van der Waals surface area contributed by atoms with Gasteiger partial charge in [-0.1, -0.05) is 24.3 Å². The first-order valence-electron chi connectivity index (χ1n) is 9.25. The van der Waals surface area contributed by atoms with E-state index in [1.807, 2.05) is 24.3 Å². The Balaban J connectivity index is 1.50. The Bertz CT molecular complexity index is 1040. The fourth-order valence-electron chi connectivity index (χ4n) is 3.66. The Morgan fingerprint density at radius 1 is 1.11 bits per heavy atom. The number of carbonyl (C=O) groups excluding carboxylic acids is 1.